The molecule has 4 rings (SSSR count). The van der Waals surface area contributed by atoms with Gasteiger partial charge in [-0.15, -0.1) is 0 Å². The van der Waals surface area contributed by atoms with Crippen molar-refractivity contribution >= 4 is 39.2 Å². The number of imide groups is 1. The molecule has 1 heterocycles. The maximum absolute atomic E-state index is 13.0. The van der Waals surface area contributed by atoms with Crippen LogP contribution >= 0.6 is 0 Å². The zero-order chi connectivity index (χ0) is 25.2. The number of benzene rings is 2. The summed E-state index contributed by atoms with van der Waals surface area (Å²) in [6, 6.07) is 10.3. The number of ether oxygens (including phenoxy) is 1. The van der Waals surface area contributed by atoms with E-state index in [9.17, 15) is 22.8 Å². The molecule has 1 saturated heterocycles. The van der Waals surface area contributed by atoms with Gasteiger partial charge in [-0.1, -0.05) is 25.3 Å². The van der Waals surface area contributed by atoms with Gasteiger partial charge in [0.05, 0.1) is 12.0 Å². The number of sulfonamides is 1. The van der Waals surface area contributed by atoms with Crippen LogP contribution in [0.1, 0.15) is 37.7 Å². The fourth-order valence-corrected chi connectivity index (χ4v) is 5.83. The molecule has 2 aliphatic rings. The van der Waals surface area contributed by atoms with Gasteiger partial charge in [0.25, 0.3) is 15.9 Å². The molecule has 2 aromatic rings. The number of urea groups is 1. The summed E-state index contributed by atoms with van der Waals surface area (Å²) in [5, 5.41) is 5.37. The molecule has 186 valence electrons. The second-order valence-electron chi connectivity index (χ2n) is 8.83. The summed E-state index contributed by atoms with van der Waals surface area (Å²) >= 11 is 0. The molecule has 10 nitrogen and oxygen atoms in total. The third-order valence-corrected chi connectivity index (χ3v) is 7.88. The molecule has 0 radical (unpaired) electrons. The lowest BCUT2D eigenvalue weighted by Crippen LogP contribution is -2.48. The third kappa shape index (κ3) is 5.09. The summed E-state index contributed by atoms with van der Waals surface area (Å²) in [6.45, 7) is 1.19. The molecule has 0 atom stereocenters. The number of rotatable bonds is 7. The van der Waals surface area contributed by atoms with Gasteiger partial charge < -0.3 is 15.4 Å². The molecule has 1 saturated carbocycles. The largest absolute Gasteiger partial charge is 0.497 e. The Balaban J connectivity index is 1.46. The number of amides is 4. The predicted molar refractivity (Wildman–Crippen MR) is 130 cm³/mol. The predicted octanol–water partition coefficient (Wildman–Crippen LogP) is 3.00. The van der Waals surface area contributed by atoms with Crippen LogP contribution in [-0.2, 0) is 19.6 Å². The van der Waals surface area contributed by atoms with Crippen molar-refractivity contribution in [1.82, 2.24) is 10.2 Å². The van der Waals surface area contributed by atoms with E-state index in [1.54, 1.807) is 43.3 Å². The Hall–Kier alpha value is -3.60. The van der Waals surface area contributed by atoms with E-state index >= 15 is 0 Å². The lowest BCUT2D eigenvalue weighted by molar-refractivity contribution is -0.134. The van der Waals surface area contributed by atoms with Gasteiger partial charge in [-0.3, -0.25) is 19.2 Å². The second-order valence-corrected chi connectivity index (χ2v) is 10.5. The van der Waals surface area contributed by atoms with Crippen molar-refractivity contribution in [2.24, 2.45) is 0 Å². The molecule has 0 aromatic heterocycles. The number of hydrogen-bond acceptors (Lipinski definition) is 6. The van der Waals surface area contributed by atoms with E-state index in [2.05, 4.69) is 15.4 Å². The number of carbonyl (C=O) groups is 3. The zero-order valence-corrected chi connectivity index (χ0v) is 20.4. The highest BCUT2D eigenvalue weighted by Gasteiger charge is 2.51. The van der Waals surface area contributed by atoms with E-state index in [0.717, 1.165) is 24.2 Å². The normalized spacial score (nSPS) is 17.3. The summed E-state index contributed by atoms with van der Waals surface area (Å²) in [5.41, 5.74) is 0.163. The van der Waals surface area contributed by atoms with E-state index in [0.29, 0.717) is 29.8 Å². The van der Waals surface area contributed by atoms with E-state index in [4.69, 9.17) is 4.74 Å². The van der Waals surface area contributed by atoms with Crippen molar-refractivity contribution in [3.8, 4) is 5.75 Å². The van der Waals surface area contributed by atoms with E-state index < -0.39 is 34.0 Å². The molecular formula is C24H28N4O6S. The molecule has 2 aromatic carbocycles. The fourth-order valence-electron chi connectivity index (χ4n) is 4.49. The molecule has 11 heteroatoms. The summed E-state index contributed by atoms with van der Waals surface area (Å²) in [7, 11) is -2.43. The minimum Gasteiger partial charge on any atom is -0.497 e. The molecule has 4 amide bonds. The number of aryl methyl sites for hydroxylation is 1. The van der Waals surface area contributed by atoms with Crippen LogP contribution in [0.25, 0.3) is 0 Å². The van der Waals surface area contributed by atoms with Crippen LogP contribution in [0.15, 0.2) is 47.4 Å². The quantitative estimate of drug-likeness (QED) is 0.501. The number of anilines is 2. The number of methoxy groups -OCH3 is 1. The SMILES string of the molecule is COc1ccc(NS(=O)(=O)c2cc(NC(=O)CN3C(=O)NC4(CCCCC4)C3=O)ccc2C)cc1. The van der Waals surface area contributed by atoms with Crippen molar-refractivity contribution in [3.05, 3.63) is 48.0 Å². The first-order chi connectivity index (χ1) is 16.6. The number of hydrogen-bond donors (Lipinski definition) is 3. The Morgan fingerprint density at radius 1 is 1.06 bits per heavy atom. The van der Waals surface area contributed by atoms with Crippen molar-refractivity contribution < 1.29 is 27.5 Å². The minimum absolute atomic E-state index is 0.0118. The van der Waals surface area contributed by atoms with Crippen molar-refractivity contribution in [1.29, 1.82) is 0 Å². The average molecular weight is 501 g/mol. The summed E-state index contributed by atoms with van der Waals surface area (Å²) < 4.78 is 33.6. The van der Waals surface area contributed by atoms with Crippen LogP contribution in [0.2, 0.25) is 0 Å². The maximum Gasteiger partial charge on any atom is 0.325 e. The Kier molecular flexibility index (Phi) is 6.70. The monoisotopic (exact) mass is 500 g/mol. The van der Waals surface area contributed by atoms with Gasteiger partial charge >= 0.3 is 6.03 Å². The maximum atomic E-state index is 13.0. The van der Waals surface area contributed by atoms with Gasteiger partial charge in [0, 0.05) is 11.4 Å². The molecule has 2 fully saturated rings. The van der Waals surface area contributed by atoms with Gasteiger partial charge in [0.15, 0.2) is 0 Å². The topological polar surface area (TPSA) is 134 Å². The van der Waals surface area contributed by atoms with E-state index in [-0.39, 0.29) is 16.5 Å². The lowest BCUT2D eigenvalue weighted by atomic mass is 9.82. The van der Waals surface area contributed by atoms with Crippen LogP contribution in [0.5, 0.6) is 5.75 Å². The van der Waals surface area contributed by atoms with E-state index in [1.807, 2.05) is 0 Å². The highest BCUT2D eigenvalue weighted by molar-refractivity contribution is 7.92. The van der Waals surface area contributed by atoms with Gasteiger partial charge in [-0.2, -0.15) is 0 Å². The van der Waals surface area contributed by atoms with Crippen LogP contribution < -0.4 is 20.1 Å². The summed E-state index contributed by atoms with van der Waals surface area (Å²) in [6.07, 6.45) is 3.83. The number of nitrogens with zero attached hydrogens (tertiary/aromatic N) is 1. The van der Waals surface area contributed by atoms with E-state index in [1.165, 1.54) is 13.2 Å². The molecule has 1 aliphatic carbocycles. The molecule has 0 unspecified atom stereocenters. The van der Waals surface area contributed by atoms with Crippen LogP contribution in [0.4, 0.5) is 16.2 Å². The van der Waals surface area contributed by atoms with Crippen molar-refractivity contribution in [2.75, 3.05) is 23.7 Å². The first-order valence-corrected chi connectivity index (χ1v) is 12.8. The Labute approximate surface area is 204 Å². The van der Waals surface area contributed by atoms with Crippen LogP contribution in [0, 0.1) is 6.92 Å². The summed E-state index contributed by atoms with van der Waals surface area (Å²) in [4.78, 5) is 38.9. The number of nitrogens with one attached hydrogen (secondary N) is 3. The molecule has 35 heavy (non-hydrogen) atoms. The Morgan fingerprint density at radius 2 is 1.71 bits per heavy atom. The smallest absolute Gasteiger partial charge is 0.325 e. The first kappa shape index (κ1) is 24.5. The highest BCUT2D eigenvalue weighted by Crippen LogP contribution is 2.33. The van der Waals surface area contributed by atoms with Crippen LogP contribution in [0.3, 0.4) is 0 Å². The highest BCUT2D eigenvalue weighted by atomic mass is 32.2. The first-order valence-electron chi connectivity index (χ1n) is 11.3. The van der Waals surface area contributed by atoms with Gasteiger partial charge in [-0.05, 0) is 61.7 Å². The average Bonchev–Trinajstić information content (AvgIpc) is 3.04. The van der Waals surface area contributed by atoms with Crippen molar-refractivity contribution in [2.45, 2.75) is 49.5 Å². The van der Waals surface area contributed by atoms with Gasteiger partial charge in [0.2, 0.25) is 5.91 Å². The van der Waals surface area contributed by atoms with Crippen molar-refractivity contribution in [3.63, 3.8) is 0 Å². The minimum atomic E-state index is -3.95. The fraction of sp³-hybridized carbons (Fsp3) is 0.375. The second kappa shape index (κ2) is 9.57. The number of carbonyl (C=O) groups excluding carboxylic acids is 3. The van der Waals surface area contributed by atoms with Gasteiger partial charge in [0.1, 0.15) is 17.8 Å². The molecule has 3 N–H and O–H groups in total. The zero-order valence-electron chi connectivity index (χ0n) is 19.6. The third-order valence-electron chi connectivity index (χ3n) is 6.36. The standard InChI is InChI=1S/C24H28N4O6S/c1-16-6-7-18(14-20(16)35(32,33)27-17-8-10-19(34-2)11-9-17)25-21(29)15-28-22(30)24(26-23(28)31)12-4-3-5-13-24/h6-11,14,27H,3-5,12-13,15H2,1-2H3,(H,25,29)(H,26,31). The molecule has 1 aliphatic heterocycles. The lowest BCUT2D eigenvalue weighted by Gasteiger charge is -2.30. The summed E-state index contributed by atoms with van der Waals surface area (Å²) in [5.74, 6) is -0.390. The van der Waals surface area contributed by atoms with Crippen LogP contribution in [-0.4, -0.2) is 50.4 Å². The molecular weight excluding hydrogens is 472 g/mol. The Morgan fingerprint density at radius 3 is 2.37 bits per heavy atom. The Bertz CT molecular complexity index is 1250. The molecule has 1 spiro atoms. The molecule has 0 bridgehead atoms. The van der Waals surface area contributed by atoms with Gasteiger partial charge in [-0.25, -0.2) is 13.2 Å².